The molecule has 0 aliphatic carbocycles. The third-order valence-electron chi connectivity index (χ3n) is 3.76. The van der Waals surface area contributed by atoms with Crippen LogP contribution in [0.2, 0.25) is 0 Å². The van der Waals surface area contributed by atoms with E-state index in [2.05, 4.69) is 6.92 Å². The van der Waals surface area contributed by atoms with Crippen molar-refractivity contribution < 1.29 is 15.0 Å². The Balaban J connectivity index is 2.50. The molecule has 1 rings (SSSR count). The van der Waals surface area contributed by atoms with Crippen LogP contribution in [0.5, 0.6) is 5.75 Å². The fraction of sp³-hybridized carbons (Fsp3) is 0.588. The molecule has 0 radical (unpaired) electrons. The summed E-state index contributed by atoms with van der Waals surface area (Å²) in [6.07, 6.45) is 8.23. The molecule has 1 aromatic rings. The van der Waals surface area contributed by atoms with Crippen molar-refractivity contribution in [2.45, 2.75) is 64.3 Å². The number of aromatic hydroxyl groups is 1. The van der Waals surface area contributed by atoms with E-state index in [4.69, 9.17) is 10.8 Å². The Morgan fingerprint density at radius 3 is 2.43 bits per heavy atom. The minimum atomic E-state index is -1.05. The number of para-hydroxylation sites is 1. The molecular formula is C17H27NO3. The second kappa shape index (κ2) is 9.40. The van der Waals surface area contributed by atoms with Gasteiger partial charge in [0.15, 0.2) is 0 Å². The van der Waals surface area contributed by atoms with Crippen molar-refractivity contribution in [2.24, 2.45) is 5.73 Å². The summed E-state index contributed by atoms with van der Waals surface area (Å²) in [4.78, 5) is 10.8. The first-order valence-corrected chi connectivity index (χ1v) is 7.84. The van der Waals surface area contributed by atoms with Gasteiger partial charge in [0.05, 0.1) is 0 Å². The number of aryl methyl sites for hydroxylation is 1. The Hall–Kier alpha value is -1.55. The van der Waals surface area contributed by atoms with E-state index in [1.807, 2.05) is 12.1 Å². The molecule has 0 fully saturated rings. The number of phenols is 1. The number of phenolic OH excluding ortho intramolecular Hbond substituents is 1. The van der Waals surface area contributed by atoms with Gasteiger partial charge in [-0.1, -0.05) is 57.2 Å². The van der Waals surface area contributed by atoms with Crippen LogP contribution in [0.4, 0.5) is 0 Å². The molecule has 21 heavy (non-hydrogen) atoms. The van der Waals surface area contributed by atoms with Crippen molar-refractivity contribution in [2.75, 3.05) is 0 Å². The van der Waals surface area contributed by atoms with Crippen molar-refractivity contribution in [1.82, 2.24) is 0 Å². The van der Waals surface area contributed by atoms with Gasteiger partial charge in [0, 0.05) is 6.42 Å². The van der Waals surface area contributed by atoms with Gasteiger partial charge in [-0.05, 0) is 24.0 Å². The van der Waals surface area contributed by atoms with E-state index >= 15 is 0 Å². The molecule has 0 bridgehead atoms. The van der Waals surface area contributed by atoms with Crippen molar-refractivity contribution in [3.05, 3.63) is 29.3 Å². The first-order valence-electron chi connectivity index (χ1n) is 7.84. The summed E-state index contributed by atoms with van der Waals surface area (Å²) in [6, 6.07) is 4.52. The van der Waals surface area contributed by atoms with Crippen LogP contribution in [0.3, 0.4) is 0 Å². The molecule has 4 N–H and O–H groups in total. The van der Waals surface area contributed by atoms with Gasteiger partial charge >= 0.3 is 5.97 Å². The molecular weight excluding hydrogens is 266 g/mol. The lowest BCUT2D eigenvalue weighted by atomic mass is 9.98. The standard InChI is InChI=1S/C17H27NO3/c1-2-3-4-5-6-7-9-13-10-8-11-14(16(13)19)12-15(18)17(20)21/h8,10-11,15,19H,2-7,9,12,18H2,1H3,(H,20,21). The van der Waals surface area contributed by atoms with Crippen molar-refractivity contribution in [3.8, 4) is 5.75 Å². The second-order valence-electron chi connectivity index (χ2n) is 5.59. The maximum absolute atomic E-state index is 10.8. The van der Waals surface area contributed by atoms with Gasteiger partial charge in [0.25, 0.3) is 0 Å². The van der Waals surface area contributed by atoms with Crippen LogP contribution < -0.4 is 5.73 Å². The Labute approximate surface area is 127 Å². The highest BCUT2D eigenvalue weighted by atomic mass is 16.4. The zero-order chi connectivity index (χ0) is 15.7. The van der Waals surface area contributed by atoms with E-state index in [0.29, 0.717) is 5.56 Å². The predicted molar refractivity (Wildman–Crippen MR) is 84.5 cm³/mol. The van der Waals surface area contributed by atoms with E-state index < -0.39 is 12.0 Å². The van der Waals surface area contributed by atoms with Crippen molar-refractivity contribution in [3.63, 3.8) is 0 Å². The monoisotopic (exact) mass is 293 g/mol. The molecule has 4 heteroatoms. The van der Waals surface area contributed by atoms with E-state index in [1.165, 1.54) is 25.7 Å². The fourth-order valence-corrected chi connectivity index (χ4v) is 2.43. The van der Waals surface area contributed by atoms with Gasteiger partial charge in [0.1, 0.15) is 11.8 Å². The highest BCUT2D eigenvalue weighted by Crippen LogP contribution is 2.25. The molecule has 1 unspecified atom stereocenters. The number of nitrogens with two attached hydrogens (primary N) is 1. The van der Waals surface area contributed by atoms with Crippen LogP contribution in [0.25, 0.3) is 0 Å². The smallest absolute Gasteiger partial charge is 0.320 e. The van der Waals surface area contributed by atoms with Crippen molar-refractivity contribution >= 4 is 5.97 Å². The number of carbonyl (C=O) groups is 1. The van der Waals surface area contributed by atoms with Crippen LogP contribution in [0, 0.1) is 0 Å². The summed E-state index contributed by atoms with van der Waals surface area (Å²) in [5.74, 6) is -0.835. The number of hydrogen-bond acceptors (Lipinski definition) is 3. The van der Waals surface area contributed by atoms with E-state index in [9.17, 15) is 9.90 Å². The fourth-order valence-electron chi connectivity index (χ4n) is 2.43. The van der Waals surface area contributed by atoms with Crippen LogP contribution in [0.1, 0.15) is 56.6 Å². The molecule has 4 nitrogen and oxygen atoms in total. The first-order chi connectivity index (χ1) is 10.1. The Kier molecular flexibility index (Phi) is 7.83. The number of carboxylic acids is 1. The van der Waals surface area contributed by atoms with E-state index in [0.717, 1.165) is 24.8 Å². The van der Waals surface area contributed by atoms with E-state index in [1.54, 1.807) is 6.07 Å². The summed E-state index contributed by atoms with van der Waals surface area (Å²) in [7, 11) is 0. The van der Waals surface area contributed by atoms with Crippen LogP contribution in [0.15, 0.2) is 18.2 Å². The summed E-state index contributed by atoms with van der Waals surface area (Å²) in [6.45, 7) is 2.20. The highest BCUT2D eigenvalue weighted by molar-refractivity contribution is 5.73. The molecule has 0 aliphatic heterocycles. The Morgan fingerprint density at radius 2 is 1.76 bits per heavy atom. The minimum Gasteiger partial charge on any atom is -0.507 e. The molecule has 0 saturated heterocycles. The number of aliphatic carboxylic acids is 1. The number of benzene rings is 1. The molecule has 0 aliphatic rings. The topological polar surface area (TPSA) is 83.6 Å². The number of rotatable bonds is 10. The molecule has 0 amide bonds. The van der Waals surface area contributed by atoms with Crippen LogP contribution in [-0.4, -0.2) is 22.2 Å². The predicted octanol–water partition coefficient (Wildman–Crippen LogP) is 3.25. The van der Waals surface area contributed by atoms with Gasteiger partial charge in [-0.25, -0.2) is 0 Å². The molecule has 0 spiro atoms. The molecule has 118 valence electrons. The highest BCUT2D eigenvalue weighted by Gasteiger charge is 2.15. The maximum Gasteiger partial charge on any atom is 0.320 e. The zero-order valence-corrected chi connectivity index (χ0v) is 12.8. The lowest BCUT2D eigenvalue weighted by Crippen LogP contribution is -2.32. The van der Waals surface area contributed by atoms with Crippen LogP contribution >= 0.6 is 0 Å². The Morgan fingerprint density at radius 1 is 1.14 bits per heavy atom. The third kappa shape index (κ3) is 6.17. The zero-order valence-electron chi connectivity index (χ0n) is 12.8. The summed E-state index contributed by atoms with van der Waals surface area (Å²) >= 11 is 0. The van der Waals surface area contributed by atoms with Gasteiger partial charge in [-0.3, -0.25) is 4.79 Å². The maximum atomic E-state index is 10.8. The average Bonchev–Trinajstić information content (AvgIpc) is 2.46. The summed E-state index contributed by atoms with van der Waals surface area (Å²) in [5, 5.41) is 19.1. The van der Waals surface area contributed by atoms with Crippen molar-refractivity contribution in [1.29, 1.82) is 0 Å². The molecule has 0 saturated carbocycles. The molecule has 1 aromatic carbocycles. The third-order valence-corrected chi connectivity index (χ3v) is 3.76. The molecule has 0 aromatic heterocycles. The summed E-state index contributed by atoms with van der Waals surface area (Å²) < 4.78 is 0. The quantitative estimate of drug-likeness (QED) is 0.578. The van der Waals surface area contributed by atoms with E-state index in [-0.39, 0.29) is 12.2 Å². The Bertz CT molecular complexity index is 446. The van der Waals surface area contributed by atoms with Gasteiger partial charge < -0.3 is 15.9 Å². The lowest BCUT2D eigenvalue weighted by Gasteiger charge is -2.12. The number of unbranched alkanes of at least 4 members (excludes halogenated alkanes) is 5. The summed E-state index contributed by atoms with van der Waals surface area (Å²) in [5.41, 5.74) is 7.03. The van der Waals surface area contributed by atoms with Gasteiger partial charge in [0.2, 0.25) is 0 Å². The van der Waals surface area contributed by atoms with Gasteiger partial charge in [-0.2, -0.15) is 0 Å². The number of hydrogen-bond donors (Lipinski definition) is 3. The largest absolute Gasteiger partial charge is 0.507 e. The van der Waals surface area contributed by atoms with Gasteiger partial charge in [-0.15, -0.1) is 0 Å². The molecule has 1 atom stereocenters. The molecule has 0 heterocycles. The first kappa shape index (κ1) is 17.5. The number of carboxylic acid groups (broad SMARTS) is 1. The average molecular weight is 293 g/mol. The lowest BCUT2D eigenvalue weighted by molar-refractivity contribution is -0.138. The normalized spacial score (nSPS) is 12.3. The second-order valence-corrected chi connectivity index (χ2v) is 5.59. The van der Waals surface area contributed by atoms with Crippen LogP contribution in [-0.2, 0) is 17.6 Å². The SMILES string of the molecule is CCCCCCCCc1cccc(CC(N)C(=O)O)c1O. The minimum absolute atomic E-state index is 0.158.